The number of hydrogen-bond acceptors (Lipinski definition) is 3. The van der Waals surface area contributed by atoms with E-state index < -0.39 is 10.0 Å². The average molecular weight is 282 g/mol. The molecule has 1 unspecified atom stereocenters. The molecule has 1 heterocycles. The second kappa shape index (κ2) is 5.61. The molecule has 2 rings (SSSR count). The van der Waals surface area contributed by atoms with Crippen molar-refractivity contribution in [3.8, 4) is 0 Å². The highest BCUT2D eigenvalue weighted by atomic mass is 32.2. The summed E-state index contributed by atoms with van der Waals surface area (Å²) >= 11 is 0. The van der Waals surface area contributed by atoms with Crippen molar-refractivity contribution in [1.29, 1.82) is 0 Å². The molecule has 1 aromatic rings. The minimum Gasteiger partial charge on any atom is -0.313 e. The Morgan fingerprint density at radius 2 is 2.00 bits per heavy atom. The van der Waals surface area contributed by atoms with E-state index in [1.165, 1.54) is 0 Å². The van der Waals surface area contributed by atoms with Crippen LogP contribution in [0.1, 0.15) is 24.5 Å². The predicted molar refractivity (Wildman–Crippen MR) is 76.8 cm³/mol. The van der Waals surface area contributed by atoms with Gasteiger partial charge in [-0.25, -0.2) is 8.42 Å². The number of aryl methyl sites for hydroxylation is 2. The van der Waals surface area contributed by atoms with Crippen LogP contribution in [0.2, 0.25) is 0 Å². The van der Waals surface area contributed by atoms with Crippen molar-refractivity contribution in [1.82, 2.24) is 9.62 Å². The molecule has 0 saturated carbocycles. The molecule has 4 nitrogen and oxygen atoms in total. The summed E-state index contributed by atoms with van der Waals surface area (Å²) in [6.45, 7) is 7.96. The fraction of sp³-hybridized carbons (Fsp3) is 0.571. The number of benzene rings is 1. The van der Waals surface area contributed by atoms with Gasteiger partial charge in [0, 0.05) is 19.1 Å². The standard InChI is InChI=1S/C14H22N2O2S/c1-11-5-6-14(9-12(11)2)19(17,18)16-8-4-7-15-13(3)10-16/h5-6,9,13,15H,4,7-8,10H2,1-3H3. The summed E-state index contributed by atoms with van der Waals surface area (Å²) in [6, 6.07) is 5.56. The molecule has 1 fully saturated rings. The summed E-state index contributed by atoms with van der Waals surface area (Å²) in [5, 5.41) is 3.31. The zero-order valence-electron chi connectivity index (χ0n) is 11.8. The van der Waals surface area contributed by atoms with Crippen molar-refractivity contribution >= 4 is 10.0 Å². The fourth-order valence-electron chi connectivity index (χ4n) is 2.31. The van der Waals surface area contributed by atoms with E-state index in [2.05, 4.69) is 5.32 Å². The monoisotopic (exact) mass is 282 g/mol. The number of nitrogens with one attached hydrogen (secondary N) is 1. The predicted octanol–water partition coefficient (Wildman–Crippen LogP) is 1.68. The lowest BCUT2D eigenvalue weighted by atomic mass is 10.1. The quantitative estimate of drug-likeness (QED) is 0.898. The Hall–Kier alpha value is -0.910. The third-order valence-electron chi connectivity index (χ3n) is 3.67. The molecular formula is C14H22N2O2S. The van der Waals surface area contributed by atoms with E-state index in [4.69, 9.17) is 0 Å². The van der Waals surface area contributed by atoms with Gasteiger partial charge in [0.15, 0.2) is 0 Å². The molecule has 106 valence electrons. The van der Waals surface area contributed by atoms with Crippen LogP contribution in [-0.4, -0.2) is 38.4 Å². The van der Waals surface area contributed by atoms with Crippen LogP contribution in [0.3, 0.4) is 0 Å². The van der Waals surface area contributed by atoms with E-state index in [9.17, 15) is 8.42 Å². The van der Waals surface area contributed by atoms with Gasteiger partial charge in [0.2, 0.25) is 10.0 Å². The average Bonchev–Trinajstić information content (AvgIpc) is 2.57. The molecule has 0 aromatic heterocycles. The minimum atomic E-state index is -3.36. The second-order valence-corrected chi connectivity index (χ2v) is 7.26. The number of hydrogen-bond donors (Lipinski definition) is 1. The van der Waals surface area contributed by atoms with Crippen LogP contribution in [0.5, 0.6) is 0 Å². The van der Waals surface area contributed by atoms with Crippen molar-refractivity contribution in [3.05, 3.63) is 29.3 Å². The zero-order chi connectivity index (χ0) is 14.0. The molecule has 1 aliphatic heterocycles. The summed E-state index contributed by atoms with van der Waals surface area (Å²) in [5.74, 6) is 0. The van der Waals surface area contributed by atoms with Gasteiger partial charge >= 0.3 is 0 Å². The number of sulfonamides is 1. The molecule has 0 aliphatic carbocycles. The maximum Gasteiger partial charge on any atom is 0.243 e. The smallest absolute Gasteiger partial charge is 0.243 e. The van der Waals surface area contributed by atoms with Crippen LogP contribution in [0, 0.1) is 13.8 Å². The van der Waals surface area contributed by atoms with Crippen molar-refractivity contribution in [2.45, 2.75) is 38.1 Å². The van der Waals surface area contributed by atoms with Gasteiger partial charge in [-0.2, -0.15) is 4.31 Å². The summed E-state index contributed by atoms with van der Waals surface area (Å²) < 4.78 is 26.9. The van der Waals surface area contributed by atoms with Gasteiger partial charge < -0.3 is 5.32 Å². The van der Waals surface area contributed by atoms with Gasteiger partial charge in [-0.1, -0.05) is 6.07 Å². The highest BCUT2D eigenvalue weighted by Crippen LogP contribution is 2.20. The van der Waals surface area contributed by atoms with Gasteiger partial charge in [0.05, 0.1) is 4.90 Å². The third kappa shape index (κ3) is 3.16. The Labute approximate surface area is 115 Å². The molecule has 0 bridgehead atoms. The molecule has 0 spiro atoms. The van der Waals surface area contributed by atoms with E-state index in [0.29, 0.717) is 18.0 Å². The first kappa shape index (κ1) is 14.5. The van der Waals surface area contributed by atoms with E-state index in [1.807, 2.05) is 26.8 Å². The molecular weight excluding hydrogens is 260 g/mol. The summed E-state index contributed by atoms with van der Waals surface area (Å²) in [7, 11) is -3.36. The Morgan fingerprint density at radius 3 is 2.68 bits per heavy atom. The molecule has 1 atom stereocenters. The van der Waals surface area contributed by atoms with Crippen LogP contribution in [0.4, 0.5) is 0 Å². The largest absolute Gasteiger partial charge is 0.313 e. The van der Waals surface area contributed by atoms with Crippen LogP contribution >= 0.6 is 0 Å². The minimum absolute atomic E-state index is 0.198. The van der Waals surface area contributed by atoms with Gasteiger partial charge in [-0.3, -0.25) is 0 Å². The molecule has 19 heavy (non-hydrogen) atoms. The van der Waals surface area contributed by atoms with Gasteiger partial charge in [-0.15, -0.1) is 0 Å². The van der Waals surface area contributed by atoms with Crippen molar-refractivity contribution in [2.24, 2.45) is 0 Å². The Morgan fingerprint density at radius 1 is 1.26 bits per heavy atom. The highest BCUT2D eigenvalue weighted by molar-refractivity contribution is 7.89. The van der Waals surface area contributed by atoms with Gasteiger partial charge in [-0.05, 0) is 57.0 Å². The van der Waals surface area contributed by atoms with E-state index in [0.717, 1.165) is 24.1 Å². The van der Waals surface area contributed by atoms with Crippen LogP contribution in [0.15, 0.2) is 23.1 Å². The second-order valence-electron chi connectivity index (χ2n) is 5.32. The number of nitrogens with zero attached hydrogens (tertiary/aromatic N) is 1. The van der Waals surface area contributed by atoms with Crippen molar-refractivity contribution in [2.75, 3.05) is 19.6 Å². The van der Waals surface area contributed by atoms with Crippen LogP contribution in [0.25, 0.3) is 0 Å². The maximum atomic E-state index is 12.6. The summed E-state index contributed by atoms with van der Waals surface area (Å²) in [6.07, 6.45) is 0.856. The summed E-state index contributed by atoms with van der Waals surface area (Å²) in [5.41, 5.74) is 2.13. The van der Waals surface area contributed by atoms with Crippen LogP contribution < -0.4 is 5.32 Å². The van der Waals surface area contributed by atoms with Crippen molar-refractivity contribution in [3.63, 3.8) is 0 Å². The summed E-state index contributed by atoms with van der Waals surface area (Å²) in [4.78, 5) is 0.407. The first-order chi connectivity index (χ1) is 8.91. The zero-order valence-corrected chi connectivity index (χ0v) is 12.6. The normalized spacial score (nSPS) is 22.2. The highest BCUT2D eigenvalue weighted by Gasteiger charge is 2.27. The first-order valence-corrected chi connectivity index (χ1v) is 8.16. The molecule has 1 aliphatic rings. The third-order valence-corrected chi connectivity index (χ3v) is 5.53. The molecule has 1 saturated heterocycles. The van der Waals surface area contributed by atoms with Gasteiger partial charge in [0.25, 0.3) is 0 Å². The molecule has 1 aromatic carbocycles. The molecule has 0 radical (unpaired) electrons. The Kier molecular flexibility index (Phi) is 4.28. The Balaban J connectivity index is 2.32. The van der Waals surface area contributed by atoms with E-state index >= 15 is 0 Å². The topological polar surface area (TPSA) is 49.4 Å². The lowest BCUT2D eigenvalue weighted by Crippen LogP contribution is -2.38. The molecule has 0 amide bonds. The molecule has 1 N–H and O–H groups in total. The first-order valence-electron chi connectivity index (χ1n) is 6.72. The van der Waals surface area contributed by atoms with Crippen molar-refractivity contribution < 1.29 is 8.42 Å². The van der Waals surface area contributed by atoms with Gasteiger partial charge in [0.1, 0.15) is 0 Å². The van der Waals surface area contributed by atoms with Crippen LogP contribution in [-0.2, 0) is 10.0 Å². The molecule has 5 heteroatoms. The SMILES string of the molecule is Cc1ccc(S(=O)(=O)N2CCCNC(C)C2)cc1C. The lowest BCUT2D eigenvalue weighted by Gasteiger charge is -2.22. The van der Waals surface area contributed by atoms with E-state index in [1.54, 1.807) is 16.4 Å². The number of rotatable bonds is 2. The van der Waals surface area contributed by atoms with E-state index in [-0.39, 0.29) is 6.04 Å². The lowest BCUT2D eigenvalue weighted by molar-refractivity contribution is 0.403. The Bertz CT molecular complexity index is 555. The fourth-order valence-corrected chi connectivity index (χ4v) is 3.96. The maximum absolute atomic E-state index is 12.6.